The molecule has 0 spiro atoms. The molecular formula is C21H21N5O3. The summed E-state index contributed by atoms with van der Waals surface area (Å²) in [4.78, 5) is 26.2. The van der Waals surface area contributed by atoms with Crippen molar-refractivity contribution in [3.63, 3.8) is 0 Å². The van der Waals surface area contributed by atoms with Gasteiger partial charge in [0, 0.05) is 23.7 Å². The first-order valence-corrected chi connectivity index (χ1v) is 8.73. The summed E-state index contributed by atoms with van der Waals surface area (Å²) >= 11 is 0. The molecule has 1 amide bonds. The minimum absolute atomic E-state index is 0.0852. The number of hydrogen-bond donors (Lipinski definition) is 1. The minimum Gasteiger partial charge on any atom is -0.398 e. The Morgan fingerprint density at radius 2 is 1.76 bits per heavy atom. The number of amides is 1. The van der Waals surface area contributed by atoms with Crippen LogP contribution in [0, 0.1) is 11.5 Å². The summed E-state index contributed by atoms with van der Waals surface area (Å²) < 4.78 is 0. The van der Waals surface area contributed by atoms with Crippen LogP contribution in [0.5, 0.6) is 0 Å². The fourth-order valence-electron chi connectivity index (χ4n) is 2.54. The molecule has 0 aliphatic rings. The van der Waals surface area contributed by atoms with Crippen molar-refractivity contribution in [2.75, 3.05) is 14.2 Å². The number of aliphatic imine (C=N–C) groups is 1. The molecule has 148 valence electrons. The Morgan fingerprint density at radius 3 is 2.41 bits per heavy atom. The molecular weight excluding hydrogens is 370 g/mol. The Bertz CT molecular complexity index is 975. The molecule has 0 radical (unpaired) electrons. The van der Waals surface area contributed by atoms with Crippen LogP contribution in [-0.4, -0.2) is 37.2 Å². The Labute approximate surface area is 169 Å². The zero-order chi connectivity index (χ0) is 21.1. The number of carbonyl (C=O) groups excluding carboxylic acids is 1. The number of hydrogen-bond acceptors (Lipinski definition) is 7. The lowest BCUT2D eigenvalue weighted by molar-refractivity contribution is -0.114. The molecule has 0 fully saturated rings. The first-order valence-electron chi connectivity index (χ1n) is 8.73. The number of oxime groups is 2. The van der Waals surface area contributed by atoms with E-state index in [1.807, 2.05) is 36.4 Å². The summed E-state index contributed by atoms with van der Waals surface area (Å²) in [5, 5.41) is 19.4. The van der Waals surface area contributed by atoms with Gasteiger partial charge in [0.25, 0.3) is 5.91 Å². The maximum Gasteiger partial charge on any atom is 0.273 e. The van der Waals surface area contributed by atoms with Crippen LogP contribution in [0.3, 0.4) is 0 Å². The quantitative estimate of drug-likeness (QED) is 0.424. The molecule has 0 heterocycles. The van der Waals surface area contributed by atoms with Gasteiger partial charge in [-0.05, 0) is 6.92 Å². The lowest BCUT2D eigenvalue weighted by atomic mass is 10.0. The fraction of sp³-hybridized carbons (Fsp3) is 0.190. The number of benzene rings is 2. The second kappa shape index (κ2) is 11.0. The molecule has 0 aliphatic heterocycles. The van der Waals surface area contributed by atoms with E-state index < -0.39 is 0 Å². The molecule has 0 saturated carbocycles. The predicted molar refractivity (Wildman–Crippen MR) is 111 cm³/mol. The van der Waals surface area contributed by atoms with E-state index in [-0.39, 0.29) is 18.2 Å². The first kappa shape index (κ1) is 21.3. The highest BCUT2D eigenvalue weighted by molar-refractivity contribution is 6.47. The van der Waals surface area contributed by atoms with E-state index in [0.717, 1.165) is 5.56 Å². The van der Waals surface area contributed by atoms with Gasteiger partial charge in [0.05, 0.1) is 0 Å². The van der Waals surface area contributed by atoms with Crippen LogP contribution in [0.15, 0.2) is 69.9 Å². The van der Waals surface area contributed by atoms with Gasteiger partial charge in [-0.2, -0.15) is 10.3 Å². The van der Waals surface area contributed by atoms with Crippen molar-refractivity contribution in [1.82, 2.24) is 5.32 Å². The highest BCUT2D eigenvalue weighted by atomic mass is 16.6. The summed E-state index contributed by atoms with van der Waals surface area (Å²) in [5.74, 6) is -0.383. The van der Waals surface area contributed by atoms with Crippen molar-refractivity contribution in [2.24, 2.45) is 15.3 Å². The Hall–Kier alpha value is -3.99. The topological polar surface area (TPSA) is 108 Å². The average molecular weight is 391 g/mol. The zero-order valence-electron chi connectivity index (χ0n) is 16.4. The number of nitrogens with zero attached hydrogens (tertiary/aromatic N) is 4. The predicted octanol–water partition coefficient (Wildman–Crippen LogP) is 2.65. The van der Waals surface area contributed by atoms with Crippen molar-refractivity contribution < 1.29 is 14.5 Å². The molecule has 0 unspecified atom stereocenters. The summed E-state index contributed by atoms with van der Waals surface area (Å²) in [6, 6.07) is 16.4. The van der Waals surface area contributed by atoms with Crippen LogP contribution in [-0.2, 0) is 21.1 Å². The highest BCUT2D eigenvalue weighted by Gasteiger charge is 2.17. The lowest BCUT2D eigenvalue weighted by Crippen LogP contribution is -2.29. The van der Waals surface area contributed by atoms with Crippen LogP contribution in [0.2, 0.25) is 0 Å². The monoisotopic (exact) mass is 391 g/mol. The Morgan fingerprint density at radius 1 is 1.07 bits per heavy atom. The molecule has 2 aromatic rings. The van der Waals surface area contributed by atoms with Crippen LogP contribution in [0.1, 0.15) is 23.6 Å². The third-order valence-corrected chi connectivity index (χ3v) is 3.87. The largest absolute Gasteiger partial charge is 0.398 e. The van der Waals surface area contributed by atoms with E-state index in [2.05, 4.69) is 20.6 Å². The van der Waals surface area contributed by atoms with Crippen LogP contribution >= 0.6 is 0 Å². The third kappa shape index (κ3) is 5.74. The molecule has 29 heavy (non-hydrogen) atoms. The Balaban J connectivity index is 2.24. The van der Waals surface area contributed by atoms with Gasteiger partial charge in [-0.3, -0.25) is 4.79 Å². The van der Waals surface area contributed by atoms with E-state index in [0.29, 0.717) is 22.6 Å². The van der Waals surface area contributed by atoms with Crippen molar-refractivity contribution in [1.29, 1.82) is 5.26 Å². The SMILES string of the molecule is CNC(=O)/C(=N/OC)c1ccccc1CO/N=C(\C)C(=NC#N)c1ccccc1. The number of nitriles is 1. The van der Waals surface area contributed by atoms with Gasteiger partial charge in [-0.25, -0.2) is 0 Å². The minimum atomic E-state index is -0.383. The van der Waals surface area contributed by atoms with Gasteiger partial charge >= 0.3 is 0 Å². The van der Waals surface area contributed by atoms with E-state index >= 15 is 0 Å². The first-order chi connectivity index (χ1) is 14.1. The van der Waals surface area contributed by atoms with Crippen LogP contribution in [0.25, 0.3) is 0 Å². The van der Waals surface area contributed by atoms with Crippen molar-refractivity contribution >= 4 is 23.0 Å². The molecule has 0 saturated heterocycles. The van der Waals surface area contributed by atoms with Gasteiger partial charge in [0.1, 0.15) is 25.1 Å². The van der Waals surface area contributed by atoms with E-state index in [1.54, 1.807) is 31.3 Å². The maximum absolute atomic E-state index is 12.1. The molecule has 2 aromatic carbocycles. The van der Waals surface area contributed by atoms with Crippen molar-refractivity contribution in [2.45, 2.75) is 13.5 Å². The molecule has 2 rings (SSSR count). The van der Waals surface area contributed by atoms with Gasteiger partial charge in [0.2, 0.25) is 6.19 Å². The normalized spacial score (nSPS) is 12.1. The van der Waals surface area contributed by atoms with Gasteiger partial charge < -0.3 is 15.0 Å². The third-order valence-electron chi connectivity index (χ3n) is 3.87. The summed E-state index contributed by atoms with van der Waals surface area (Å²) in [5.41, 5.74) is 3.03. The smallest absolute Gasteiger partial charge is 0.273 e. The van der Waals surface area contributed by atoms with Crippen molar-refractivity contribution in [3.05, 3.63) is 71.3 Å². The van der Waals surface area contributed by atoms with Gasteiger partial charge in [0.15, 0.2) is 5.71 Å². The number of nitrogens with one attached hydrogen (secondary N) is 1. The summed E-state index contributed by atoms with van der Waals surface area (Å²) in [7, 11) is 2.88. The fourth-order valence-corrected chi connectivity index (χ4v) is 2.54. The molecule has 0 aliphatic carbocycles. The van der Waals surface area contributed by atoms with Gasteiger partial charge in [-0.15, -0.1) is 0 Å². The molecule has 0 atom stereocenters. The van der Waals surface area contributed by atoms with Crippen LogP contribution < -0.4 is 5.32 Å². The number of likely N-dealkylation sites (N-methyl/N-ethyl adjacent to an activating group) is 1. The van der Waals surface area contributed by atoms with Crippen LogP contribution in [0.4, 0.5) is 0 Å². The average Bonchev–Trinajstić information content (AvgIpc) is 2.76. The Kier molecular flexibility index (Phi) is 8.08. The second-order valence-corrected chi connectivity index (χ2v) is 5.74. The van der Waals surface area contributed by atoms with E-state index in [4.69, 9.17) is 14.9 Å². The molecule has 0 bridgehead atoms. The summed E-state index contributed by atoms with van der Waals surface area (Å²) in [6.45, 7) is 1.79. The number of carbonyl (C=O) groups is 1. The number of rotatable bonds is 8. The summed E-state index contributed by atoms with van der Waals surface area (Å²) in [6.07, 6.45) is 1.79. The molecule has 8 heteroatoms. The van der Waals surface area contributed by atoms with E-state index in [9.17, 15) is 4.79 Å². The molecule has 1 N–H and O–H groups in total. The molecule has 0 aromatic heterocycles. The lowest BCUT2D eigenvalue weighted by Gasteiger charge is -2.10. The zero-order valence-corrected chi connectivity index (χ0v) is 16.4. The van der Waals surface area contributed by atoms with Crippen molar-refractivity contribution in [3.8, 4) is 6.19 Å². The van der Waals surface area contributed by atoms with Gasteiger partial charge in [-0.1, -0.05) is 64.9 Å². The molecule has 8 nitrogen and oxygen atoms in total. The van der Waals surface area contributed by atoms with E-state index in [1.165, 1.54) is 14.2 Å². The maximum atomic E-state index is 12.1. The standard InChI is InChI=1S/C21H21N5O3/c1-15(19(24-14-22)16-9-5-4-6-10-16)25-29-13-17-11-7-8-12-18(17)20(26-28-3)21(27)23-2/h4-12H,13H2,1-3H3,(H,23,27)/b24-19?,25-15+,26-20+. The highest BCUT2D eigenvalue weighted by Crippen LogP contribution is 2.13. The second-order valence-electron chi connectivity index (χ2n) is 5.74.